The van der Waals surface area contributed by atoms with Crippen LogP contribution in [-0.2, 0) is 6.42 Å². The maximum atomic E-state index is 5.82. The largest absolute Gasteiger partial charge is 0.368 e. The molecule has 0 fully saturated rings. The average molecular weight is 214 g/mol. The third kappa shape index (κ3) is 3.92. The topological polar surface area (TPSA) is 37.8 Å². The van der Waals surface area contributed by atoms with Crippen LogP contribution in [0, 0.1) is 0 Å². The van der Waals surface area contributed by atoms with Gasteiger partial charge in [-0.3, -0.25) is 0 Å². The van der Waals surface area contributed by atoms with Crippen LogP contribution in [0.1, 0.15) is 26.0 Å². The highest BCUT2D eigenvalue weighted by Crippen LogP contribution is 2.06. The van der Waals surface area contributed by atoms with Gasteiger partial charge in [0.1, 0.15) is 12.1 Å². The van der Waals surface area contributed by atoms with Gasteiger partial charge < -0.3 is 5.32 Å². The first-order valence-electron chi connectivity index (χ1n) is 4.91. The number of nitrogens with zero attached hydrogens (tertiary/aromatic N) is 2. The molecule has 1 N–H and O–H groups in total. The minimum Gasteiger partial charge on any atom is -0.368 e. The first kappa shape index (κ1) is 11.2. The summed E-state index contributed by atoms with van der Waals surface area (Å²) in [4.78, 5) is 8.28. The van der Waals surface area contributed by atoms with Gasteiger partial charge in [0.15, 0.2) is 0 Å². The number of aryl methyl sites for hydroxylation is 1. The maximum Gasteiger partial charge on any atom is 0.129 e. The molecule has 0 amide bonds. The highest BCUT2D eigenvalue weighted by Gasteiger charge is 1.99. The van der Waals surface area contributed by atoms with Crippen LogP contribution in [0.2, 0.25) is 0 Å². The fourth-order valence-corrected chi connectivity index (χ4v) is 1.21. The number of nitrogens with one attached hydrogen (secondary N) is 1. The van der Waals surface area contributed by atoms with Crippen molar-refractivity contribution < 1.29 is 0 Å². The van der Waals surface area contributed by atoms with Crippen molar-refractivity contribution in [2.45, 2.75) is 32.1 Å². The molecule has 0 aliphatic carbocycles. The molecule has 1 aromatic rings. The molecule has 0 saturated carbocycles. The summed E-state index contributed by atoms with van der Waals surface area (Å²) in [6.07, 6.45) is 3.68. The molecule has 1 aromatic heterocycles. The monoisotopic (exact) mass is 213 g/mol. The van der Waals surface area contributed by atoms with E-state index in [1.54, 1.807) is 6.33 Å². The summed E-state index contributed by atoms with van der Waals surface area (Å²) in [5.74, 6) is 0.857. The number of anilines is 1. The van der Waals surface area contributed by atoms with Gasteiger partial charge in [-0.1, -0.05) is 13.3 Å². The zero-order valence-corrected chi connectivity index (χ0v) is 9.38. The van der Waals surface area contributed by atoms with E-state index in [0.29, 0.717) is 0 Å². The average Bonchev–Trinajstić information content (AvgIpc) is 2.16. The van der Waals surface area contributed by atoms with E-state index in [-0.39, 0.29) is 5.38 Å². The predicted octanol–water partition coefficient (Wildman–Crippen LogP) is 2.47. The molecule has 3 nitrogen and oxygen atoms in total. The smallest absolute Gasteiger partial charge is 0.129 e. The third-order valence-electron chi connectivity index (χ3n) is 1.79. The van der Waals surface area contributed by atoms with Gasteiger partial charge in [0.25, 0.3) is 0 Å². The third-order valence-corrected chi connectivity index (χ3v) is 1.95. The number of alkyl halides is 1. The van der Waals surface area contributed by atoms with Crippen LogP contribution < -0.4 is 5.32 Å². The van der Waals surface area contributed by atoms with Crippen molar-refractivity contribution >= 4 is 17.4 Å². The van der Waals surface area contributed by atoms with E-state index in [1.165, 1.54) is 0 Å². The van der Waals surface area contributed by atoms with Crippen molar-refractivity contribution in [1.82, 2.24) is 9.97 Å². The number of aromatic nitrogens is 2. The second kappa shape index (κ2) is 5.81. The Hall–Kier alpha value is -0.830. The Morgan fingerprint density at radius 1 is 1.50 bits per heavy atom. The molecule has 78 valence electrons. The van der Waals surface area contributed by atoms with Crippen LogP contribution in [-0.4, -0.2) is 21.9 Å². The molecular weight excluding hydrogens is 198 g/mol. The first-order valence-corrected chi connectivity index (χ1v) is 5.35. The van der Waals surface area contributed by atoms with Crippen LogP contribution >= 0.6 is 11.6 Å². The number of hydrogen-bond donors (Lipinski definition) is 1. The predicted molar refractivity (Wildman–Crippen MR) is 59.8 cm³/mol. The van der Waals surface area contributed by atoms with Gasteiger partial charge in [-0.05, 0) is 13.3 Å². The van der Waals surface area contributed by atoms with Crippen LogP contribution in [0.5, 0.6) is 0 Å². The summed E-state index contributed by atoms with van der Waals surface area (Å²) < 4.78 is 0. The summed E-state index contributed by atoms with van der Waals surface area (Å²) in [5.41, 5.74) is 1.08. The molecule has 0 spiro atoms. The first-order chi connectivity index (χ1) is 6.72. The lowest BCUT2D eigenvalue weighted by Gasteiger charge is -2.07. The molecule has 0 saturated heterocycles. The minimum atomic E-state index is 0.111. The fourth-order valence-electron chi connectivity index (χ4n) is 1.13. The van der Waals surface area contributed by atoms with E-state index in [4.69, 9.17) is 11.6 Å². The molecule has 1 unspecified atom stereocenters. The molecule has 1 rings (SSSR count). The van der Waals surface area contributed by atoms with E-state index in [1.807, 2.05) is 13.0 Å². The second-order valence-electron chi connectivity index (χ2n) is 3.31. The Bertz CT molecular complexity index is 276. The summed E-state index contributed by atoms with van der Waals surface area (Å²) in [6, 6.07) is 1.97. The molecule has 0 radical (unpaired) electrons. The molecular formula is C10H16ClN3. The molecule has 0 aliphatic rings. The summed E-state index contributed by atoms with van der Waals surface area (Å²) in [7, 11) is 0. The van der Waals surface area contributed by atoms with E-state index in [2.05, 4.69) is 22.2 Å². The van der Waals surface area contributed by atoms with Gasteiger partial charge in [0.2, 0.25) is 0 Å². The lowest BCUT2D eigenvalue weighted by molar-refractivity contribution is 0.869. The van der Waals surface area contributed by atoms with Crippen molar-refractivity contribution in [2.75, 3.05) is 11.9 Å². The number of halogens is 1. The van der Waals surface area contributed by atoms with Crippen molar-refractivity contribution in [2.24, 2.45) is 0 Å². The fraction of sp³-hybridized carbons (Fsp3) is 0.600. The number of hydrogen-bond acceptors (Lipinski definition) is 3. The Morgan fingerprint density at radius 3 is 2.93 bits per heavy atom. The Labute approximate surface area is 89.9 Å². The van der Waals surface area contributed by atoms with Crippen LogP contribution in [0.15, 0.2) is 12.4 Å². The van der Waals surface area contributed by atoms with Crippen molar-refractivity contribution in [1.29, 1.82) is 0 Å². The Balaban J connectivity index is 2.54. The van der Waals surface area contributed by atoms with Gasteiger partial charge in [0.05, 0.1) is 0 Å². The lowest BCUT2D eigenvalue weighted by atomic mass is 10.2. The summed E-state index contributed by atoms with van der Waals surface area (Å²) >= 11 is 5.82. The zero-order valence-electron chi connectivity index (χ0n) is 8.63. The molecule has 1 heterocycles. The molecule has 4 heteroatoms. The zero-order chi connectivity index (χ0) is 10.4. The van der Waals surface area contributed by atoms with Gasteiger partial charge in [-0.15, -0.1) is 11.6 Å². The molecule has 0 aliphatic heterocycles. The summed E-state index contributed by atoms with van der Waals surface area (Å²) in [6.45, 7) is 4.81. The van der Waals surface area contributed by atoms with Crippen molar-refractivity contribution in [3.63, 3.8) is 0 Å². The number of rotatable bonds is 5. The van der Waals surface area contributed by atoms with E-state index in [0.717, 1.165) is 30.9 Å². The quantitative estimate of drug-likeness (QED) is 0.764. The molecule has 14 heavy (non-hydrogen) atoms. The second-order valence-corrected chi connectivity index (χ2v) is 4.05. The van der Waals surface area contributed by atoms with E-state index in [9.17, 15) is 0 Å². The maximum absolute atomic E-state index is 5.82. The van der Waals surface area contributed by atoms with Crippen molar-refractivity contribution in [3.8, 4) is 0 Å². The molecule has 0 bridgehead atoms. The standard InChI is InChI=1S/C10H16ClN3/c1-3-4-9-5-10(14-7-13-9)12-6-8(2)11/h5,7-8H,3-4,6H2,1-2H3,(H,12,13,14). The highest BCUT2D eigenvalue weighted by atomic mass is 35.5. The van der Waals surface area contributed by atoms with Gasteiger partial charge in [-0.2, -0.15) is 0 Å². The van der Waals surface area contributed by atoms with E-state index >= 15 is 0 Å². The molecule has 1 atom stereocenters. The highest BCUT2D eigenvalue weighted by molar-refractivity contribution is 6.20. The van der Waals surface area contributed by atoms with E-state index < -0.39 is 0 Å². The van der Waals surface area contributed by atoms with Gasteiger partial charge in [-0.25, -0.2) is 9.97 Å². The normalized spacial score (nSPS) is 12.5. The summed E-state index contributed by atoms with van der Waals surface area (Å²) in [5, 5.41) is 3.27. The Kier molecular flexibility index (Phi) is 4.66. The van der Waals surface area contributed by atoms with Gasteiger partial charge >= 0.3 is 0 Å². The Morgan fingerprint density at radius 2 is 2.29 bits per heavy atom. The SMILES string of the molecule is CCCc1cc(NCC(C)Cl)ncn1. The lowest BCUT2D eigenvalue weighted by Crippen LogP contribution is -2.11. The minimum absolute atomic E-state index is 0.111. The van der Waals surface area contributed by atoms with Crippen LogP contribution in [0.25, 0.3) is 0 Å². The van der Waals surface area contributed by atoms with Gasteiger partial charge in [0, 0.05) is 23.7 Å². The van der Waals surface area contributed by atoms with Crippen LogP contribution in [0.4, 0.5) is 5.82 Å². The van der Waals surface area contributed by atoms with Crippen molar-refractivity contribution in [3.05, 3.63) is 18.1 Å². The molecule has 0 aromatic carbocycles. The van der Waals surface area contributed by atoms with Crippen LogP contribution in [0.3, 0.4) is 0 Å².